The predicted molar refractivity (Wildman–Crippen MR) is 126 cm³/mol. The van der Waals surface area contributed by atoms with Crippen molar-refractivity contribution in [3.05, 3.63) is 37.8 Å². The summed E-state index contributed by atoms with van der Waals surface area (Å²) in [5, 5.41) is 0. The molecule has 1 amide bonds. The third kappa shape index (κ3) is 4.31. The fourth-order valence-electron chi connectivity index (χ4n) is 3.41. The molecular formula is C21H18F3NO6S3. The maximum Gasteiger partial charge on any atom is 0.471 e. The highest BCUT2D eigenvalue weighted by atomic mass is 32.2. The third-order valence-corrected chi connectivity index (χ3v) is 8.31. The lowest BCUT2D eigenvalue weighted by molar-refractivity contribution is -0.171. The van der Waals surface area contributed by atoms with Crippen LogP contribution in [0.2, 0.25) is 0 Å². The van der Waals surface area contributed by atoms with Crippen molar-refractivity contribution >= 4 is 69.7 Å². The molecule has 0 N–H and O–H groups in total. The van der Waals surface area contributed by atoms with E-state index in [4.69, 9.17) is 26.4 Å². The second-order valence-corrected chi connectivity index (χ2v) is 10.1. The van der Waals surface area contributed by atoms with Gasteiger partial charge in [-0.1, -0.05) is 35.7 Å². The number of thioether (sulfide) groups is 2. The van der Waals surface area contributed by atoms with Crippen LogP contribution in [0, 0.1) is 0 Å². The van der Waals surface area contributed by atoms with E-state index in [2.05, 4.69) is 0 Å². The molecule has 0 fully saturated rings. The van der Waals surface area contributed by atoms with Gasteiger partial charge in [0.25, 0.3) is 0 Å². The molecule has 1 aromatic rings. The molecule has 34 heavy (non-hydrogen) atoms. The van der Waals surface area contributed by atoms with Gasteiger partial charge in [0.1, 0.15) is 15.6 Å². The van der Waals surface area contributed by atoms with Crippen LogP contribution in [-0.2, 0) is 23.9 Å². The van der Waals surface area contributed by atoms with Crippen LogP contribution in [0.25, 0.3) is 5.57 Å². The zero-order valence-corrected chi connectivity index (χ0v) is 20.9. The molecule has 0 spiro atoms. The number of carbonyl (C=O) groups excluding carboxylic acids is 3. The lowest BCUT2D eigenvalue weighted by atomic mass is 9.83. The molecule has 182 valence electrons. The van der Waals surface area contributed by atoms with Crippen LogP contribution in [0.1, 0.15) is 19.4 Å². The first-order valence-electron chi connectivity index (χ1n) is 9.45. The van der Waals surface area contributed by atoms with E-state index in [1.165, 1.54) is 39.2 Å². The average molecular weight is 534 g/mol. The van der Waals surface area contributed by atoms with Crippen LogP contribution in [0.5, 0.6) is 5.75 Å². The predicted octanol–water partition coefficient (Wildman–Crippen LogP) is 4.46. The van der Waals surface area contributed by atoms with Crippen molar-refractivity contribution in [2.75, 3.05) is 26.2 Å². The number of benzene rings is 1. The molecule has 0 atom stereocenters. The molecule has 0 aromatic heterocycles. The van der Waals surface area contributed by atoms with E-state index >= 15 is 0 Å². The summed E-state index contributed by atoms with van der Waals surface area (Å²) in [6.45, 7) is 2.78. The molecular weight excluding hydrogens is 515 g/mol. The Morgan fingerprint density at radius 3 is 1.97 bits per heavy atom. The van der Waals surface area contributed by atoms with Gasteiger partial charge in [0.2, 0.25) is 0 Å². The number of methoxy groups -OCH3 is 3. The zero-order valence-electron chi connectivity index (χ0n) is 18.5. The molecule has 2 aliphatic rings. The SMILES string of the molecule is COC(=O)C1=C(C(=O)OC)SC(=C2C(=S)C(C)(C)N(C(=O)C(F)(F)F)c3cc(OC)ccc32)S1. The van der Waals surface area contributed by atoms with Gasteiger partial charge in [0, 0.05) is 17.2 Å². The highest BCUT2D eigenvalue weighted by Gasteiger charge is 2.53. The minimum atomic E-state index is -5.16. The van der Waals surface area contributed by atoms with Crippen molar-refractivity contribution in [2.45, 2.75) is 25.6 Å². The Labute approximate surface area is 206 Å². The summed E-state index contributed by atoms with van der Waals surface area (Å²) in [5.41, 5.74) is -1.13. The lowest BCUT2D eigenvalue weighted by Crippen LogP contribution is -2.59. The van der Waals surface area contributed by atoms with Gasteiger partial charge in [-0.05, 0) is 26.0 Å². The number of carbonyl (C=O) groups is 3. The Balaban J connectivity index is 2.29. The van der Waals surface area contributed by atoms with Gasteiger partial charge >= 0.3 is 24.0 Å². The molecule has 0 bridgehead atoms. The summed E-state index contributed by atoms with van der Waals surface area (Å²) in [7, 11) is 3.64. The topological polar surface area (TPSA) is 82.1 Å². The molecule has 0 unspecified atom stereocenters. The summed E-state index contributed by atoms with van der Waals surface area (Å²) in [6, 6.07) is 4.30. The van der Waals surface area contributed by atoms with E-state index in [1.54, 1.807) is 0 Å². The Kier molecular flexibility index (Phi) is 7.11. The largest absolute Gasteiger partial charge is 0.497 e. The maximum atomic E-state index is 13.5. The van der Waals surface area contributed by atoms with Crippen molar-refractivity contribution in [1.82, 2.24) is 0 Å². The minimum absolute atomic E-state index is 0.0214. The Morgan fingerprint density at radius 1 is 1.00 bits per heavy atom. The zero-order chi connectivity index (χ0) is 25.6. The average Bonchev–Trinajstić information content (AvgIpc) is 3.22. The highest BCUT2D eigenvalue weighted by molar-refractivity contribution is 8.29. The van der Waals surface area contributed by atoms with Crippen LogP contribution < -0.4 is 9.64 Å². The van der Waals surface area contributed by atoms with Crippen LogP contribution in [0.3, 0.4) is 0 Å². The van der Waals surface area contributed by atoms with E-state index < -0.39 is 29.6 Å². The quantitative estimate of drug-likeness (QED) is 0.318. The standard InChI is InChI=1S/C21H18F3NO6S3/c1-20(2)15(32)12(18-33-13(16(26)30-4)14(34-18)17(27)31-5)10-7-6-9(29-3)8-11(10)25(20)19(28)21(22,23)24/h6-8H,1-5H3. The molecule has 0 saturated carbocycles. The monoisotopic (exact) mass is 533 g/mol. The van der Waals surface area contributed by atoms with E-state index in [-0.39, 0.29) is 31.7 Å². The fourth-order valence-corrected chi connectivity index (χ4v) is 6.45. The number of anilines is 1. The van der Waals surface area contributed by atoms with Gasteiger partial charge in [-0.3, -0.25) is 9.69 Å². The first-order valence-corrected chi connectivity index (χ1v) is 11.5. The van der Waals surface area contributed by atoms with Crippen molar-refractivity contribution in [3.63, 3.8) is 0 Å². The first-order chi connectivity index (χ1) is 15.8. The summed E-state index contributed by atoms with van der Waals surface area (Å²) in [6.07, 6.45) is -5.16. The second kappa shape index (κ2) is 9.27. The molecule has 0 radical (unpaired) electrons. The number of hydrogen-bond donors (Lipinski definition) is 0. The Bertz CT molecular complexity index is 1140. The third-order valence-electron chi connectivity index (χ3n) is 5.04. The number of alkyl halides is 3. The Morgan fingerprint density at radius 2 is 1.53 bits per heavy atom. The number of esters is 2. The van der Waals surface area contributed by atoms with Crippen molar-refractivity contribution in [2.24, 2.45) is 0 Å². The molecule has 2 heterocycles. The van der Waals surface area contributed by atoms with Crippen molar-refractivity contribution in [1.29, 1.82) is 0 Å². The van der Waals surface area contributed by atoms with E-state index in [0.29, 0.717) is 14.7 Å². The summed E-state index contributed by atoms with van der Waals surface area (Å²) in [5.74, 6) is -3.42. The van der Waals surface area contributed by atoms with Crippen molar-refractivity contribution < 1.29 is 41.8 Å². The maximum absolute atomic E-state index is 13.5. The highest BCUT2D eigenvalue weighted by Crippen LogP contribution is 2.56. The number of nitrogens with zero attached hydrogens (tertiary/aromatic N) is 1. The van der Waals surface area contributed by atoms with Crippen LogP contribution in [0.15, 0.2) is 32.2 Å². The fraction of sp³-hybridized carbons (Fsp3) is 0.333. The van der Waals surface area contributed by atoms with Gasteiger partial charge in [-0.15, -0.1) is 0 Å². The molecule has 13 heteroatoms. The van der Waals surface area contributed by atoms with Crippen LogP contribution in [0.4, 0.5) is 18.9 Å². The second-order valence-electron chi connectivity index (χ2n) is 7.42. The number of hydrogen-bond acceptors (Lipinski definition) is 9. The van der Waals surface area contributed by atoms with E-state index in [9.17, 15) is 27.6 Å². The van der Waals surface area contributed by atoms with Crippen LogP contribution in [-0.4, -0.2) is 55.8 Å². The van der Waals surface area contributed by atoms with Gasteiger partial charge in [-0.2, -0.15) is 13.2 Å². The van der Waals surface area contributed by atoms with Crippen LogP contribution >= 0.6 is 35.7 Å². The molecule has 0 aliphatic carbocycles. The summed E-state index contributed by atoms with van der Waals surface area (Å²) in [4.78, 5) is 37.6. The number of halogens is 3. The molecule has 0 saturated heterocycles. The number of rotatable bonds is 3. The van der Waals surface area contributed by atoms with Gasteiger partial charge in [-0.25, -0.2) is 9.59 Å². The number of thiocarbonyl (C=S) groups is 1. The smallest absolute Gasteiger partial charge is 0.471 e. The molecule has 3 rings (SSSR count). The number of ether oxygens (including phenoxy) is 3. The summed E-state index contributed by atoms with van der Waals surface area (Å²) >= 11 is 7.39. The molecule has 1 aromatic carbocycles. The van der Waals surface area contributed by atoms with E-state index in [1.807, 2.05) is 0 Å². The Hall–Kier alpha value is -2.51. The minimum Gasteiger partial charge on any atom is -0.497 e. The van der Waals surface area contributed by atoms with Gasteiger partial charge in [0.05, 0.1) is 41.7 Å². The number of amides is 1. The number of fused-ring (bicyclic) bond motifs is 1. The molecule has 2 aliphatic heterocycles. The van der Waals surface area contributed by atoms with E-state index in [0.717, 1.165) is 37.7 Å². The molecule has 7 nitrogen and oxygen atoms in total. The normalized spacial score (nSPS) is 17.5. The van der Waals surface area contributed by atoms with Crippen molar-refractivity contribution in [3.8, 4) is 5.75 Å². The van der Waals surface area contributed by atoms with Gasteiger partial charge in [0.15, 0.2) is 0 Å². The van der Waals surface area contributed by atoms with Gasteiger partial charge < -0.3 is 14.2 Å². The summed E-state index contributed by atoms with van der Waals surface area (Å²) < 4.78 is 55.7. The lowest BCUT2D eigenvalue weighted by Gasteiger charge is -2.45. The first kappa shape index (κ1) is 26.1.